The highest BCUT2D eigenvalue weighted by Crippen LogP contribution is 2.40. The molecule has 2 N–H and O–H groups in total. The fourth-order valence-electron chi connectivity index (χ4n) is 3.63. The first-order valence-corrected chi connectivity index (χ1v) is 10.2. The predicted octanol–water partition coefficient (Wildman–Crippen LogP) is 5.12. The molecular formula is C21H42N2O2. The molecule has 1 saturated carbocycles. The summed E-state index contributed by atoms with van der Waals surface area (Å²) in [5.74, 6) is 1.31. The van der Waals surface area contributed by atoms with Gasteiger partial charge in [-0.15, -0.1) is 0 Å². The van der Waals surface area contributed by atoms with Crippen molar-refractivity contribution < 1.29 is 9.53 Å². The van der Waals surface area contributed by atoms with Crippen LogP contribution in [0.3, 0.4) is 0 Å². The van der Waals surface area contributed by atoms with E-state index in [-0.39, 0.29) is 12.1 Å². The number of carbonyl (C=O) groups is 1. The molecule has 0 saturated heterocycles. The molecule has 1 atom stereocenters. The molecule has 1 aliphatic carbocycles. The second-order valence-corrected chi connectivity index (χ2v) is 9.79. The van der Waals surface area contributed by atoms with Crippen molar-refractivity contribution in [2.24, 2.45) is 17.3 Å². The van der Waals surface area contributed by atoms with E-state index >= 15 is 0 Å². The average molecular weight is 355 g/mol. The van der Waals surface area contributed by atoms with E-state index in [9.17, 15) is 4.79 Å². The van der Waals surface area contributed by atoms with Gasteiger partial charge in [-0.25, -0.2) is 4.79 Å². The minimum absolute atomic E-state index is 0.285. The van der Waals surface area contributed by atoms with E-state index in [1.54, 1.807) is 0 Å². The van der Waals surface area contributed by atoms with E-state index in [1.165, 1.54) is 32.1 Å². The first kappa shape index (κ1) is 22.3. The molecule has 1 aliphatic rings. The third-order valence-corrected chi connectivity index (χ3v) is 5.86. The third kappa shape index (κ3) is 7.98. The molecule has 0 spiro atoms. The number of carbonyl (C=O) groups excluding carboxylic acids is 1. The van der Waals surface area contributed by atoms with Gasteiger partial charge in [0.2, 0.25) is 0 Å². The van der Waals surface area contributed by atoms with Gasteiger partial charge in [-0.05, 0) is 63.7 Å². The molecule has 0 aromatic carbocycles. The van der Waals surface area contributed by atoms with Gasteiger partial charge >= 0.3 is 6.09 Å². The zero-order valence-electron chi connectivity index (χ0n) is 17.9. The first-order chi connectivity index (χ1) is 11.4. The topological polar surface area (TPSA) is 50.4 Å². The molecule has 1 unspecified atom stereocenters. The lowest BCUT2D eigenvalue weighted by Crippen LogP contribution is -2.50. The zero-order valence-corrected chi connectivity index (χ0v) is 17.9. The maximum absolute atomic E-state index is 11.9. The second-order valence-electron chi connectivity index (χ2n) is 9.79. The molecule has 148 valence electrons. The Morgan fingerprint density at radius 2 is 1.64 bits per heavy atom. The number of rotatable bonds is 7. The van der Waals surface area contributed by atoms with Crippen molar-refractivity contribution in [3.8, 4) is 0 Å². The minimum atomic E-state index is -0.449. The van der Waals surface area contributed by atoms with Crippen molar-refractivity contribution in [1.82, 2.24) is 10.6 Å². The van der Waals surface area contributed by atoms with Gasteiger partial charge in [0.1, 0.15) is 5.60 Å². The van der Waals surface area contributed by atoms with E-state index < -0.39 is 5.60 Å². The Balaban J connectivity index is 2.45. The number of amides is 1. The van der Waals surface area contributed by atoms with Crippen LogP contribution in [0.5, 0.6) is 0 Å². The van der Waals surface area contributed by atoms with Gasteiger partial charge in [0.15, 0.2) is 0 Å². The molecule has 4 nitrogen and oxygen atoms in total. The number of nitrogens with one attached hydrogen (secondary N) is 2. The molecule has 0 aromatic rings. The Bertz CT molecular complexity index is 405. The molecule has 0 bridgehead atoms. The molecule has 25 heavy (non-hydrogen) atoms. The SMILES string of the molecule is CCC(C)(C)C1CCC(NC(CNC(=O)OC(C)(C)C)C(C)C)CC1. The fourth-order valence-corrected chi connectivity index (χ4v) is 3.63. The molecule has 1 rings (SSSR count). The molecule has 0 aromatic heterocycles. The zero-order chi connectivity index (χ0) is 19.3. The van der Waals surface area contributed by atoms with Crippen LogP contribution in [0.2, 0.25) is 0 Å². The highest BCUT2D eigenvalue weighted by atomic mass is 16.6. The van der Waals surface area contributed by atoms with Crippen molar-refractivity contribution in [2.45, 2.75) is 105 Å². The van der Waals surface area contributed by atoms with Gasteiger partial charge < -0.3 is 15.4 Å². The summed E-state index contributed by atoms with van der Waals surface area (Å²) in [6.45, 7) is 17.8. The van der Waals surface area contributed by atoms with Crippen LogP contribution in [0.1, 0.15) is 87.5 Å². The predicted molar refractivity (Wildman–Crippen MR) is 106 cm³/mol. The summed E-state index contributed by atoms with van der Waals surface area (Å²) < 4.78 is 5.34. The van der Waals surface area contributed by atoms with Crippen molar-refractivity contribution >= 4 is 6.09 Å². The Morgan fingerprint density at radius 3 is 2.08 bits per heavy atom. The highest BCUT2D eigenvalue weighted by Gasteiger charge is 2.32. The summed E-state index contributed by atoms with van der Waals surface area (Å²) in [5.41, 5.74) is 0.00991. The van der Waals surface area contributed by atoms with Gasteiger partial charge in [0, 0.05) is 18.6 Å². The number of hydrogen-bond acceptors (Lipinski definition) is 3. The first-order valence-electron chi connectivity index (χ1n) is 10.2. The van der Waals surface area contributed by atoms with E-state index in [2.05, 4.69) is 45.3 Å². The Kier molecular flexibility index (Phi) is 8.24. The molecule has 0 heterocycles. The molecule has 1 amide bonds. The Morgan fingerprint density at radius 1 is 1.08 bits per heavy atom. The lowest BCUT2D eigenvalue weighted by molar-refractivity contribution is 0.0516. The number of hydrogen-bond donors (Lipinski definition) is 2. The van der Waals surface area contributed by atoms with Crippen LogP contribution in [-0.4, -0.2) is 30.3 Å². The fraction of sp³-hybridized carbons (Fsp3) is 0.952. The lowest BCUT2D eigenvalue weighted by atomic mass is 9.69. The van der Waals surface area contributed by atoms with Gasteiger partial charge in [-0.1, -0.05) is 41.0 Å². The van der Waals surface area contributed by atoms with Crippen LogP contribution in [0.15, 0.2) is 0 Å². The van der Waals surface area contributed by atoms with Crippen LogP contribution >= 0.6 is 0 Å². The van der Waals surface area contributed by atoms with Gasteiger partial charge in [0.05, 0.1) is 0 Å². The molecule has 0 aliphatic heterocycles. The molecule has 0 radical (unpaired) electrons. The monoisotopic (exact) mass is 354 g/mol. The standard InChI is InChI=1S/C21H42N2O2/c1-9-21(7,8)16-10-12-17(13-11-16)23-18(15(2)3)14-22-19(24)25-20(4,5)6/h15-18,23H,9-14H2,1-8H3,(H,22,24). The quantitative estimate of drug-likeness (QED) is 0.667. The van der Waals surface area contributed by atoms with E-state index in [0.717, 1.165) is 5.92 Å². The summed E-state index contributed by atoms with van der Waals surface area (Å²) >= 11 is 0. The van der Waals surface area contributed by atoms with Crippen LogP contribution < -0.4 is 10.6 Å². The van der Waals surface area contributed by atoms with E-state index in [0.29, 0.717) is 23.9 Å². The summed E-state index contributed by atoms with van der Waals surface area (Å²) in [6.07, 6.45) is 6.02. The van der Waals surface area contributed by atoms with E-state index in [1.807, 2.05) is 20.8 Å². The third-order valence-electron chi connectivity index (χ3n) is 5.86. The molecule has 1 fully saturated rings. The van der Waals surface area contributed by atoms with Crippen LogP contribution in [0.4, 0.5) is 4.79 Å². The van der Waals surface area contributed by atoms with Crippen LogP contribution in [-0.2, 0) is 4.74 Å². The van der Waals surface area contributed by atoms with Gasteiger partial charge in [0.25, 0.3) is 0 Å². The van der Waals surface area contributed by atoms with Crippen molar-refractivity contribution in [3.63, 3.8) is 0 Å². The largest absolute Gasteiger partial charge is 0.444 e. The lowest BCUT2D eigenvalue weighted by Gasteiger charge is -2.40. The second kappa shape index (κ2) is 9.25. The highest BCUT2D eigenvalue weighted by molar-refractivity contribution is 5.67. The minimum Gasteiger partial charge on any atom is -0.444 e. The molecular weight excluding hydrogens is 312 g/mol. The van der Waals surface area contributed by atoms with Crippen molar-refractivity contribution in [3.05, 3.63) is 0 Å². The van der Waals surface area contributed by atoms with E-state index in [4.69, 9.17) is 4.74 Å². The van der Waals surface area contributed by atoms with Gasteiger partial charge in [-0.2, -0.15) is 0 Å². The van der Waals surface area contributed by atoms with Crippen LogP contribution in [0, 0.1) is 17.3 Å². The molecule has 4 heteroatoms. The summed E-state index contributed by atoms with van der Waals surface area (Å²) in [4.78, 5) is 11.9. The maximum Gasteiger partial charge on any atom is 0.407 e. The van der Waals surface area contributed by atoms with Crippen molar-refractivity contribution in [1.29, 1.82) is 0 Å². The summed E-state index contributed by atoms with van der Waals surface area (Å²) in [5, 5.41) is 6.72. The summed E-state index contributed by atoms with van der Waals surface area (Å²) in [6, 6.07) is 0.852. The Labute approximate surface area is 155 Å². The normalized spacial score (nSPS) is 23.4. The van der Waals surface area contributed by atoms with Crippen LogP contribution in [0.25, 0.3) is 0 Å². The number of alkyl carbamates (subject to hydrolysis) is 1. The van der Waals surface area contributed by atoms with Gasteiger partial charge in [-0.3, -0.25) is 0 Å². The average Bonchev–Trinajstić information content (AvgIpc) is 2.49. The summed E-state index contributed by atoms with van der Waals surface area (Å²) in [7, 11) is 0. The smallest absolute Gasteiger partial charge is 0.407 e. The van der Waals surface area contributed by atoms with Crippen molar-refractivity contribution in [2.75, 3.05) is 6.54 Å². The maximum atomic E-state index is 11.9. The Hall–Kier alpha value is -0.770. The number of ether oxygens (including phenoxy) is 1.